The van der Waals surface area contributed by atoms with E-state index in [-0.39, 0.29) is 5.41 Å². The molecule has 9 aromatic rings. The van der Waals surface area contributed by atoms with Crippen molar-refractivity contribution in [2.24, 2.45) is 23.7 Å². The van der Waals surface area contributed by atoms with Gasteiger partial charge in [-0.3, -0.25) is 0 Å². The van der Waals surface area contributed by atoms with Crippen molar-refractivity contribution >= 4 is 49.8 Å². The van der Waals surface area contributed by atoms with Crippen LogP contribution in [0.5, 0.6) is 0 Å². The van der Waals surface area contributed by atoms with Gasteiger partial charge in [0.2, 0.25) is 0 Å². The lowest BCUT2D eigenvalue weighted by molar-refractivity contribution is 0.0618. The Bertz CT molecular complexity index is 3080. The fourth-order valence-corrected chi connectivity index (χ4v) is 12.9. The summed E-state index contributed by atoms with van der Waals surface area (Å²) in [7, 11) is 0. The molecule has 2 heteroatoms. The molecule has 4 bridgehead atoms. The highest BCUT2D eigenvalue weighted by Gasteiger charge is 2.59. The first-order chi connectivity index (χ1) is 29.2. The second-order valence-electron chi connectivity index (χ2n) is 18.0. The molecule has 0 amide bonds. The molecule has 1 aromatic heterocycles. The zero-order valence-electron chi connectivity index (χ0n) is 33.2. The van der Waals surface area contributed by atoms with Gasteiger partial charge in [0.15, 0.2) is 0 Å². The van der Waals surface area contributed by atoms with Gasteiger partial charge in [-0.05, 0) is 154 Å². The Morgan fingerprint density at radius 2 is 1.03 bits per heavy atom. The van der Waals surface area contributed by atoms with Crippen LogP contribution < -0.4 is 4.90 Å². The Morgan fingerprint density at radius 1 is 0.424 bits per heavy atom. The molecule has 5 aliphatic carbocycles. The van der Waals surface area contributed by atoms with E-state index in [1.807, 2.05) is 6.07 Å². The summed E-state index contributed by atoms with van der Waals surface area (Å²) >= 11 is 0. The Hall–Kier alpha value is -6.38. The SMILES string of the molecule is c1ccc2c(c1)-c1c(-c3ccc(N(c4ccc(-c5cccc6ccccc56)cc4)c4ccc5c(c4)oc4ccccc45)cc3)cccc1C21C2CCC3CC(C2)CC1C3. The smallest absolute Gasteiger partial charge is 0.137 e. The van der Waals surface area contributed by atoms with Crippen LogP contribution in [0.4, 0.5) is 17.1 Å². The van der Waals surface area contributed by atoms with Gasteiger partial charge in [0.05, 0.1) is 0 Å². The zero-order valence-corrected chi connectivity index (χ0v) is 33.2. The van der Waals surface area contributed by atoms with Crippen LogP contribution in [0.25, 0.3) is 66.1 Å². The fraction of sp³-hybridized carbons (Fsp3) is 0.193. The lowest BCUT2D eigenvalue weighted by Gasteiger charge is -2.53. The van der Waals surface area contributed by atoms with E-state index in [2.05, 4.69) is 175 Å². The Labute approximate surface area is 345 Å². The number of hydrogen-bond donors (Lipinski definition) is 0. The summed E-state index contributed by atoms with van der Waals surface area (Å²) in [5.41, 5.74) is 16.5. The molecule has 0 saturated heterocycles. The number of anilines is 3. The average Bonchev–Trinajstić information content (AvgIpc) is 3.72. The van der Waals surface area contributed by atoms with E-state index in [0.29, 0.717) is 0 Å². The minimum Gasteiger partial charge on any atom is -0.456 e. The van der Waals surface area contributed by atoms with Crippen molar-refractivity contribution in [3.63, 3.8) is 0 Å². The van der Waals surface area contributed by atoms with Gasteiger partial charge in [-0.25, -0.2) is 0 Å². The largest absolute Gasteiger partial charge is 0.456 e. The van der Waals surface area contributed by atoms with Crippen LogP contribution in [-0.4, -0.2) is 0 Å². The van der Waals surface area contributed by atoms with Gasteiger partial charge in [-0.1, -0.05) is 134 Å². The molecule has 4 saturated carbocycles. The van der Waals surface area contributed by atoms with Crippen molar-refractivity contribution in [3.8, 4) is 33.4 Å². The predicted molar refractivity (Wildman–Crippen MR) is 245 cm³/mol. The molecular formula is C57H45NO. The minimum atomic E-state index is 0.151. The average molecular weight is 760 g/mol. The highest BCUT2D eigenvalue weighted by molar-refractivity contribution is 6.06. The van der Waals surface area contributed by atoms with Crippen molar-refractivity contribution in [2.75, 3.05) is 4.90 Å². The maximum atomic E-state index is 6.45. The number of hydrogen-bond acceptors (Lipinski definition) is 2. The second kappa shape index (κ2) is 12.8. The second-order valence-corrected chi connectivity index (χ2v) is 18.0. The van der Waals surface area contributed by atoms with E-state index in [9.17, 15) is 0 Å². The molecule has 14 rings (SSSR count). The van der Waals surface area contributed by atoms with Crippen LogP contribution in [0.15, 0.2) is 180 Å². The summed E-state index contributed by atoms with van der Waals surface area (Å²) in [6, 6.07) is 65.5. The third kappa shape index (κ3) is 4.93. The minimum absolute atomic E-state index is 0.151. The molecule has 1 heterocycles. The van der Waals surface area contributed by atoms with E-state index in [0.717, 1.165) is 62.7 Å². The zero-order chi connectivity index (χ0) is 38.7. The molecule has 2 nitrogen and oxygen atoms in total. The fourth-order valence-electron chi connectivity index (χ4n) is 12.9. The maximum absolute atomic E-state index is 6.45. The van der Waals surface area contributed by atoms with E-state index in [1.54, 1.807) is 11.1 Å². The Kier molecular flexibility index (Phi) is 7.29. The quantitative estimate of drug-likeness (QED) is 0.174. The lowest BCUT2D eigenvalue weighted by atomic mass is 9.51. The van der Waals surface area contributed by atoms with Crippen molar-refractivity contribution < 1.29 is 4.42 Å². The van der Waals surface area contributed by atoms with Gasteiger partial charge in [0, 0.05) is 39.3 Å². The van der Waals surface area contributed by atoms with Crippen molar-refractivity contribution in [1.82, 2.24) is 0 Å². The number of fused-ring (bicyclic) bond motifs is 8. The molecule has 5 aliphatic rings. The van der Waals surface area contributed by atoms with Gasteiger partial charge >= 0.3 is 0 Å². The Balaban J connectivity index is 0.932. The summed E-state index contributed by atoms with van der Waals surface area (Å²) in [6.45, 7) is 0. The molecule has 5 atom stereocenters. The van der Waals surface area contributed by atoms with Gasteiger partial charge in [0.1, 0.15) is 11.2 Å². The third-order valence-electron chi connectivity index (χ3n) is 15.2. The summed E-state index contributed by atoms with van der Waals surface area (Å²) < 4.78 is 6.45. The first kappa shape index (κ1) is 33.6. The summed E-state index contributed by atoms with van der Waals surface area (Å²) in [6.07, 6.45) is 8.48. The molecule has 8 aromatic carbocycles. The molecular weight excluding hydrogens is 715 g/mol. The topological polar surface area (TPSA) is 16.4 Å². The maximum Gasteiger partial charge on any atom is 0.137 e. The standard InChI is InChI=1S/C57H45NO/c1-2-11-46-38(9-1)10-7-14-47(46)39-20-25-43(26-21-39)58(45-29-30-50-49-12-4-6-18-54(49)59-55(50)35-45)44-27-22-40(23-28-44)48-15-8-17-53-56(48)51-13-3-5-16-52(51)57(53)41-24-19-36-31-37(33-41)34-42(57)32-36/h1-18,20-23,25-30,35-37,41-42H,19,24,31-34H2. The number of furan rings is 1. The summed E-state index contributed by atoms with van der Waals surface area (Å²) in [4.78, 5) is 2.38. The Morgan fingerprint density at radius 3 is 1.90 bits per heavy atom. The van der Waals surface area contributed by atoms with Gasteiger partial charge in [-0.15, -0.1) is 0 Å². The van der Waals surface area contributed by atoms with Crippen LogP contribution in [-0.2, 0) is 5.41 Å². The first-order valence-corrected chi connectivity index (χ1v) is 21.8. The third-order valence-corrected chi connectivity index (χ3v) is 15.2. The van der Waals surface area contributed by atoms with Gasteiger partial charge in [0.25, 0.3) is 0 Å². The number of rotatable bonds is 5. The number of nitrogens with zero attached hydrogens (tertiary/aromatic N) is 1. The molecule has 0 aliphatic heterocycles. The molecule has 59 heavy (non-hydrogen) atoms. The van der Waals surface area contributed by atoms with Crippen molar-refractivity contribution in [3.05, 3.63) is 187 Å². The molecule has 0 N–H and O–H groups in total. The van der Waals surface area contributed by atoms with Crippen LogP contribution in [0.3, 0.4) is 0 Å². The van der Waals surface area contributed by atoms with Gasteiger partial charge < -0.3 is 9.32 Å². The normalized spacial score (nSPS) is 22.6. The van der Waals surface area contributed by atoms with E-state index in [4.69, 9.17) is 4.42 Å². The van der Waals surface area contributed by atoms with Crippen molar-refractivity contribution in [2.45, 2.75) is 43.9 Å². The molecule has 1 spiro atoms. The summed E-state index contributed by atoms with van der Waals surface area (Å²) in [5.74, 6) is 3.33. The van der Waals surface area contributed by atoms with E-state index in [1.165, 1.54) is 82.7 Å². The van der Waals surface area contributed by atoms with Crippen LogP contribution in [0.2, 0.25) is 0 Å². The monoisotopic (exact) mass is 759 g/mol. The molecule has 0 radical (unpaired) electrons. The van der Waals surface area contributed by atoms with Crippen LogP contribution >= 0.6 is 0 Å². The van der Waals surface area contributed by atoms with E-state index < -0.39 is 0 Å². The highest BCUT2D eigenvalue weighted by Crippen LogP contribution is 2.68. The molecule has 284 valence electrons. The summed E-state index contributed by atoms with van der Waals surface area (Å²) in [5, 5.41) is 4.81. The molecule has 5 unspecified atom stereocenters. The lowest BCUT2D eigenvalue weighted by Crippen LogP contribution is -2.48. The number of para-hydroxylation sites is 1. The van der Waals surface area contributed by atoms with Crippen LogP contribution in [0, 0.1) is 23.7 Å². The highest BCUT2D eigenvalue weighted by atomic mass is 16.3. The van der Waals surface area contributed by atoms with Crippen LogP contribution in [0.1, 0.15) is 49.7 Å². The predicted octanol–water partition coefficient (Wildman–Crippen LogP) is 15.7. The number of benzene rings is 8. The van der Waals surface area contributed by atoms with Gasteiger partial charge in [-0.2, -0.15) is 0 Å². The first-order valence-electron chi connectivity index (χ1n) is 21.8. The van der Waals surface area contributed by atoms with E-state index >= 15 is 0 Å². The molecule has 4 fully saturated rings. The van der Waals surface area contributed by atoms with Crippen molar-refractivity contribution in [1.29, 1.82) is 0 Å².